The number of benzene rings is 2. The van der Waals surface area contributed by atoms with E-state index in [4.69, 9.17) is 10.5 Å². The standard InChI is InChI=1S/C18H20N2O3/c1-4-23-18(22)15-10-13(12-8-6-5-7-9-12)16(20(2)3)11-14(15)17(19)21/h5-11H,4H2,1-3H3,(H2,19,21). The van der Waals surface area contributed by atoms with Crippen LogP contribution < -0.4 is 10.6 Å². The Morgan fingerprint density at radius 2 is 1.74 bits per heavy atom. The summed E-state index contributed by atoms with van der Waals surface area (Å²) in [5, 5.41) is 0. The number of hydrogen-bond acceptors (Lipinski definition) is 4. The molecule has 23 heavy (non-hydrogen) atoms. The van der Waals surface area contributed by atoms with Crippen LogP contribution >= 0.6 is 0 Å². The van der Waals surface area contributed by atoms with Crippen molar-refractivity contribution in [2.24, 2.45) is 5.73 Å². The Morgan fingerprint density at radius 1 is 1.09 bits per heavy atom. The fourth-order valence-corrected chi connectivity index (χ4v) is 2.39. The Kier molecular flexibility index (Phi) is 5.01. The number of nitrogens with zero attached hydrogens (tertiary/aromatic N) is 1. The van der Waals surface area contributed by atoms with Gasteiger partial charge in [0, 0.05) is 25.3 Å². The van der Waals surface area contributed by atoms with E-state index in [2.05, 4.69) is 0 Å². The molecule has 2 aromatic rings. The maximum absolute atomic E-state index is 12.2. The van der Waals surface area contributed by atoms with Gasteiger partial charge in [-0.15, -0.1) is 0 Å². The summed E-state index contributed by atoms with van der Waals surface area (Å²) in [6, 6.07) is 13.0. The van der Waals surface area contributed by atoms with Crippen LogP contribution in [0, 0.1) is 0 Å². The molecule has 2 N–H and O–H groups in total. The van der Waals surface area contributed by atoms with Crippen LogP contribution in [0.15, 0.2) is 42.5 Å². The van der Waals surface area contributed by atoms with Crippen LogP contribution in [-0.2, 0) is 4.74 Å². The lowest BCUT2D eigenvalue weighted by Gasteiger charge is -2.20. The molecule has 0 aliphatic carbocycles. The van der Waals surface area contributed by atoms with Gasteiger partial charge in [0.2, 0.25) is 5.91 Å². The largest absolute Gasteiger partial charge is 0.462 e. The lowest BCUT2D eigenvalue weighted by molar-refractivity contribution is 0.0523. The molecule has 0 spiro atoms. The van der Waals surface area contributed by atoms with E-state index >= 15 is 0 Å². The van der Waals surface area contributed by atoms with Crippen molar-refractivity contribution in [3.63, 3.8) is 0 Å². The van der Waals surface area contributed by atoms with Crippen LogP contribution in [0.3, 0.4) is 0 Å². The van der Waals surface area contributed by atoms with E-state index in [0.29, 0.717) is 0 Å². The number of rotatable bonds is 5. The van der Waals surface area contributed by atoms with Gasteiger partial charge >= 0.3 is 5.97 Å². The molecule has 0 heterocycles. The van der Waals surface area contributed by atoms with E-state index in [1.165, 1.54) is 0 Å². The fraction of sp³-hybridized carbons (Fsp3) is 0.222. The van der Waals surface area contributed by atoms with Gasteiger partial charge in [-0.05, 0) is 24.6 Å². The molecule has 0 saturated carbocycles. The Balaban J connectivity index is 2.72. The van der Waals surface area contributed by atoms with Gasteiger partial charge < -0.3 is 15.4 Å². The first-order chi connectivity index (χ1) is 11.0. The number of anilines is 1. The molecular weight excluding hydrogens is 292 g/mol. The zero-order chi connectivity index (χ0) is 17.0. The molecule has 0 aliphatic rings. The number of hydrogen-bond donors (Lipinski definition) is 1. The summed E-state index contributed by atoms with van der Waals surface area (Å²) in [7, 11) is 3.74. The molecule has 1 amide bonds. The van der Waals surface area contributed by atoms with Crippen LogP contribution in [0.4, 0.5) is 5.69 Å². The molecule has 0 aromatic heterocycles. The highest BCUT2D eigenvalue weighted by molar-refractivity contribution is 6.07. The first kappa shape index (κ1) is 16.5. The van der Waals surface area contributed by atoms with Crippen molar-refractivity contribution >= 4 is 17.6 Å². The molecule has 0 bridgehead atoms. The second kappa shape index (κ2) is 6.96. The SMILES string of the molecule is CCOC(=O)c1cc(-c2ccccc2)c(N(C)C)cc1C(N)=O. The Hall–Kier alpha value is -2.82. The predicted octanol–water partition coefficient (Wildman–Crippen LogP) is 2.70. The highest BCUT2D eigenvalue weighted by Gasteiger charge is 2.21. The quantitative estimate of drug-likeness (QED) is 0.862. The van der Waals surface area contributed by atoms with Gasteiger partial charge in [-0.1, -0.05) is 30.3 Å². The lowest BCUT2D eigenvalue weighted by atomic mass is 9.96. The topological polar surface area (TPSA) is 72.6 Å². The number of esters is 1. The molecule has 120 valence electrons. The third-order valence-electron chi connectivity index (χ3n) is 3.46. The summed E-state index contributed by atoms with van der Waals surface area (Å²) in [6.07, 6.45) is 0. The molecule has 0 aliphatic heterocycles. The number of amides is 1. The maximum Gasteiger partial charge on any atom is 0.338 e. The zero-order valence-electron chi connectivity index (χ0n) is 13.5. The van der Waals surface area contributed by atoms with E-state index in [1.807, 2.05) is 49.3 Å². The predicted molar refractivity (Wildman–Crippen MR) is 90.7 cm³/mol. The summed E-state index contributed by atoms with van der Waals surface area (Å²) < 4.78 is 5.05. The number of carbonyl (C=O) groups is 2. The fourth-order valence-electron chi connectivity index (χ4n) is 2.39. The van der Waals surface area contributed by atoms with Crippen LogP contribution in [0.25, 0.3) is 11.1 Å². The van der Waals surface area contributed by atoms with Crippen molar-refractivity contribution in [1.29, 1.82) is 0 Å². The van der Waals surface area contributed by atoms with Gasteiger partial charge in [0.1, 0.15) is 0 Å². The molecule has 0 radical (unpaired) electrons. The van der Waals surface area contributed by atoms with Crippen LogP contribution in [-0.4, -0.2) is 32.6 Å². The number of primary amides is 1. The zero-order valence-corrected chi connectivity index (χ0v) is 13.5. The van der Waals surface area contributed by atoms with Crippen molar-refractivity contribution in [2.75, 3.05) is 25.6 Å². The van der Waals surface area contributed by atoms with Gasteiger partial charge in [0.15, 0.2) is 0 Å². The number of nitrogens with two attached hydrogens (primary N) is 1. The molecule has 0 saturated heterocycles. The average Bonchev–Trinajstić information content (AvgIpc) is 2.54. The van der Waals surface area contributed by atoms with Crippen molar-refractivity contribution < 1.29 is 14.3 Å². The number of carbonyl (C=O) groups excluding carboxylic acids is 2. The molecule has 0 atom stereocenters. The van der Waals surface area contributed by atoms with Crippen molar-refractivity contribution in [3.8, 4) is 11.1 Å². The van der Waals surface area contributed by atoms with Gasteiger partial charge in [0.05, 0.1) is 17.7 Å². The van der Waals surface area contributed by atoms with Gasteiger partial charge in [0.25, 0.3) is 0 Å². The Morgan fingerprint density at radius 3 is 2.26 bits per heavy atom. The molecule has 5 nitrogen and oxygen atoms in total. The maximum atomic E-state index is 12.2. The summed E-state index contributed by atoms with van der Waals surface area (Å²) in [5.74, 6) is -1.21. The first-order valence-corrected chi connectivity index (χ1v) is 7.33. The first-order valence-electron chi connectivity index (χ1n) is 7.33. The van der Waals surface area contributed by atoms with Crippen LogP contribution in [0.1, 0.15) is 27.6 Å². The molecule has 5 heteroatoms. The van der Waals surface area contributed by atoms with Gasteiger partial charge in [-0.3, -0.25) is 4.79 Å². The molecule has 0 fully saturated rings. The van der Waals surface area contributed by atoms with Crippen LogP contribution in [0.5, 0.6) is 0 Å². The highest BCUT2D eigenvalue weighted by Crippen LogP contribution is 2.33. The number of ether oxygens (including phenoxy) is 1. The lowest BCUT2D eigenvalue weighted by Crippen LogP contribution is -2.20. The summed E-state index contributed by atoms with van der Waals surface area (Å²) >= 11 is 0. The summed E-state index contributed by atoms with van der Waals surface area (Å²) in [5.41, 5.74) is 8.37. The molecule has 2 rings (SSSR count). The van der Waals surface area contributed by atoms with Crippen LogP contribution in [0.2, 0.25) is 0 Å². The second-order valence-corrected chi connectivity index (χ2v) is 5.26. The normalized spacial score (nSPS) is 10.2. The molecule has 2 aromatic carbocycles. The highest BCUT2D eigenvalue weighted by atomic mass is 16.5. The average molecular weight is 312 g/mol. The van der Waals surface area contributed by atoms with Crippen molar-refractivity contribution in [1.82, 2.24) is 0 Å². The molecule has 0 unspecified atom stereocenters. The van der Waals surface area contributed by atoms with Crippen molar-refractivity contribution in [3.05, 3.63) is 53.6 Å². The minimum atomic E-state index is -0.657. The van der Waals surface area contributed by atoms with E-state index in [0.717, 1.165) is 16.8 Å². The smallest absolute Gasteiger partial charge is 0.338 e. The van der Waals surface area contributed by atoms with Crippen molar-refractivity contribution in [2.45, 2.75) is 6.92 Å². The molecular formula is C18H20N2O3. The Labute approximate surface area is 135 Å². The minimum absolute atomic E-state index is 0.159. The minimum Gasteiger partial charge on any atom is -0.462 e. The monoisotopic (exact) mass is 312 g/mol. The van der Waals surface area contributed by atoms with E-state index < -0.39 is 11.9 Å². The van der Waals surface area contributed by atoms with E-state index in [9.17, 15) is 9.59 Å². The van der Waals surface area contributed by atoms with Gasteiger partial charge in [-0.25, -0.2) is 4.79 Å². The summed E-state index contributed by atoms with van der Waals surface area (Å²) in [4.78, 5) is 25.8. The van der Waals surface area contributed by atoms with Gasteiger partial charge in [-0.2, -0.15) is 0 Å². The Bertz CT molecular complexity index is 725. The van der Waals surface area contributed by atoms with E-state index in [1.54, 1.807) is 19.1 Å². The van der Waals surface area contributed by atoms with E-state index in [-0.39, 0.29) is 17.7 Å². The summed E-state index contributed by atoms with van der Waals surface area (Å²) in [6.45, 7) is 1.95. The second-order valence-electron chi connectivity index (χ2n) is 5.26. The third kappa shape index (κ3) is 3.51. The third-order valence-corrected chi connectivity index (χ3v) is 3.46.